The Morgan fingerprint density at radius 1 is 1.75 bits per heavy atom. The molecule has 0 aromatic heterocycles. The van der Waals surface area contributed by atoms with E-state index in [0.29, 0.717) is 24.3 Å². The molecule has 1 aliphatic rings. The average Bonchev–Trinajstić information content (AvgIpc) is 2.52. The molecule has 0 saturated carbocycles. The number of nitrogens with zero attached hydrogens (tertiary/aromatic N) is 1. The highest BCUT2D eigenvalue weighted by atomic mass is 16.5. The lowest BCUT2D eigenvalue weighted by Crippen LogP contribution is -2.06. The highest BCUT2D eigenvalue weighted by Crippen LogP contribution is 2.20. The first kappa shape index (κ1) is 8.54. The van der Waals surface area contributed by atoms with Crippen LogP contribution in [0.5, 0.6) is 0 Å². The van der Waals surface area contributed by atoms with Gasteiger partial charge in [0.1, 0.15) is 0 Å². The van der Waals surface area contributed by atoms with Crippen LogP contribution in [0.25, 0.3) is 4.85 Å². The number of hydrogen-bond acceptors (Lipinski definition) is 2. The van der Waals surface area contributed by atoms with Crippen LogP contribution in [-0.2, 0) is 9.53 Å². The van der Waals surface area contributed by atoms with Gasteiger partial charge < -0.3 is 4.74 Å². The summed E-state index contributed by atoms with van der Waals surface area (Å²) in [6.07, 6.45) is 3.72. The average molecular weight is 163 g/mol. The van der Waals surface area contributed by atoms with E-state index in [9.17, 15) is 4.79 Å². The van der Waals surface area contributed by atoms with Crippen LogP contribution in [0, 0.1) is 6.57 Å². The van der Waals surface area contributed by atoms with E-state index in [1.165, 1.54) is 0 Å². The van der Waals surface area contributed by atoms with Crippen LogP contribution in [-0.4, -0.2) is 12.6 Å². The van der Waals surface area contributed by atoms with Crippen LogP contribution in [0.1, 0.15) is 13.3 Å². The van der Waals surface area contributed by atoms with Gasteiger partial charge in [0.05, 0.1) is 13.2 Å². The number of ether oxygens (including phenoxy) is 1. The van der Waals surface area contributed by atoms with E-state index in [0.717, 1.165) is 0 Å². The third-order valence-corrected chi connectivity index (χ3v) is 1.53. The van der Waals surface area contributed by atoms with Crippen molar-refractivity contribution in [3.63, 3.8) is 0 Å². The summed E-state index contributed by atoms with van der Waals surface area (Å²) in [7, 11) is 0. The number of carbonyl (C=O) groups excluding carboxylic acids is 1. The van der Waals surface area contributed by atoms with Gasteiger partial charge in [-0.25, -0.2) is 9.64 Å². The van der Waals surface area contributed by atoms with Crippen LogP contribution in [0.4, 0.5) is 0 Å². The lowest BCUT2D eigenvalue weighted by atomic mass is 10.2. The fourth-order valence-electron chi connectivity index (χ4n) is 0.951. The summed E-state index contributed by atoms with van der Waals surface area (Å²) in [5.74, 6) is -0.313. The molecule has 3 nitrogen and oxygen atoms in total. The second-order valence-electron chi connectivity index (χ2n) is 2.36. The molecule has 12 heavy (non-hydrogen) atoms. The van der Waals surface area contributed by atoms with Crippen molar-refractivity contribution in [3.05, 3.63) is 34.8 Å². The van der Waals surface area contributed by atoms with E-state index in [2.05, 4.69) is 4.85 Å². The Hall–Kier alpha value is -1.56. The molecule has 1 aliphatic carbocycles. The number of allylic oxidation sites excluding steroid dienone is 3. The van der Waals surface area contributed by atoms with Gasteiger partial charge in [-0.2, -0.15) is 0 Å². The largest absolute Gasteiger partial charge is 0.463 e. The molecule has 1 rings (SSSR count). The molecule has 0 unspecified atom stereocenters. The molecule has 0 aliphatic heterocycles. The zero-order chi connectivity index (χ0) is 8.97. The van der Waals surface area contributed by atoms with Gasteiger partial charge in [0.25, 0.3) is 0 Å². The molecule has 0 radical (unpaired) electrons. The lowest BCUT2D eigenvalue weighted by molar-refractivity contribution is -0.138. The molecule has 0 saturated heterocycles. The highest BCUT2D eigenvalue weighted by molar-refractivity contribution is 5.90. The van der Waals surface area contributed by atoms with Gasteiger partial charge >= 0.3 is 5.97 Å². The summed E-state index contributed by atoms with van der Waals surface area (Å²) in [4.78, 5) is 14.3. The predicted octanol–water partition coefficient (Wildman–Crippen LogP) is 1.68. The fraction of sp³-hybridized carbons (Fsp3) is 0.333. The molecule has 0 fully saturated rings. The summed E-state index contributed by atoms with van der Waals surface area (Å²) < 4.78 is 4.78. The zero-order valence-corrected chi connectivity index (χ0v) is 6.83. The summed E-state index contributed by atoms with van der Waals surface area (Å²) in [6.45, 7) is 8.84. The van der Waals surface area contributed by atoms with E-state index >= 15 is 0 Å². The van der Waals surface area contributed by atoms with Crippen molar-refractivity contribution in [1.82, 2.24) is 0 Å². The van der Waals surface area contributed by atoms with Gasteiger partial charge in [-0.15, -0.1) is 0 Å². The molecule has 0 amide bonds. The molecule has 0 N–H and O–H groups in total. The molecule has 0 spiro atoms. The minimum Gasteiger partial charge on any atom is -0.463 e. The molecule has 0 heterocycles. The van der Waals surface area contributed by atoms with Crippen molar-refractivity contribution in [3.8, 4) is 0 Å². The van der Waals surface area contributed by atoms with E-state index in [4.69, 9.17) is 11.3 Å². The minimum atomic E-state index is -0.313. The normalized spacial score (nSPS) is 14.7. The minimum absolute atomic E-state index is 0.313. The van der Waals surface area contributed by atoms with Crippen molar-refractivity contribution in [1.29, 1.82) is 0 Å². The van der Waals surface area contributed by atoms with Gasteiger partial charge in [-0.3, -0.25) is 0 Å². The molecule has 0 atom stereocenters. The first-order valence-corrected chi connectivity index (χ1v) is 3.72. The van der Waals surface area contributed by atoms with Gasteiger partial charge in [0, 0.05) is 12.0 Å². The second kappa shape index (κ2) is 3.72. The summed E-state index contributed by atoms with van der Waals surface area (Å²) in [5, 5.41) is 0. The Balaban J connectivity index is 2.52. The maximum Gasteiger partial charge on any atom is 0.332 e. The monoisotopic (exact) mass is 163 g/mol. The highest BCUT2D eigenvalue weighted by Gasteiger charge is 2.15. The maximum absolute atomic E-state index is 11.1. The van der Waals surface area contributed by atoms with Crippen molar-refractivity contribution in [2.24, 2.45) is 0 Å². The first-order chi connectivity index (χ1) is 5.77. The standard InChI is InChI=1S/C9H9NO2/c1-3-12-9(11)7-4-5-8(6-7)10-2/h4-5H,3,6H2,1H3. The first-order valence-electron chi connectivity index (χ1n) is 3.72. The molecular weight excluding hydrogens is 154 g/mol. The van der Waals surface area contributed by atoms with Crippen molar-refractivity contribution in [2.45, 2.75) is 13.3 Å². The SMILES string of the molecule is [C-]#[N+]C1=CC=C(C(=O)OCC)C1. The van der Waals surface area contributed by atoms with Crippen LogP contribution >= 0.6 is 0 Å². The quantitative estimate of drug-likeness (QED) is 0.458. The summed E-state index contributed by atoms with van der Waals surface area (Å²) >= 11 is 0. The Bertz CT molecular complexity index is 294. The van der Waals surface area contributed by atoms with E-state index in [-0.39, 0.29) is 5.97 Å². The van der Waals surface area contributed by atoms with Crippen LogP contribution in [0.2, 0.25) is 0 Å². The fourth-order valence-corrected chi connectivity index (χ4v) is 0.951. The third-order valence-electron chi connectivity index (χ3n) is 1.53. The van der Waals surface area contributed by atoms with Gasteiger partial charge in [-0.05, 0) is 6.92 Å². The molecule has 3 heteroatoms. The van der Waals surface area contributed by atoms with Crippen molar-refractivity contribution in [2.75, 3.05) is 6.61 Å². The van der Waals surface area contributed by atoms with Gasteiger partial charge in [-0.1, -0.05) is 12.2 Å². The van der Waals surface area contributed by atoms with Crippen LogP contribution < -0.4 is 0 Å². The number of esters is 1. The van der Waals surface area contributed by atoms with E-state index < -0.39 is 0 Å². The van der Waals surface area contributed by atoms with Gasteiger partial charge in [0.2, 0.25) is 0 Å². The maximum atomic E-state index is 11.1. The Morgan fingerprint density at radius 2 is 2.50 bits per heavy atom. The Kier molecular flexibility index (Phi) is 2.65. The molecule has 0 bridgehead atoms. The number of hydrogen-bond donors (Lipinski definition) is 0. The van der Waals surface area contributed by atoms with E-state index in [1.807, 2.05) is 0 Å². The van der Waals surface area contributed by atoms with Crippen LogP contribution in [0.15, 0.2) is 23.4 Å². The molecule has 0 aromatic rings. The summed E-state index contributed by atoms with van der Waals surface area (Å²) in [6, 6.07) is 0. The van der Waals surface area contributed by atoms with Crippen molar-refractivity contribution >= 4 is 5.97 Å². The van der Waals surface area contributed by atoms with Crippen LogP contribution in [0.3, 0.4) is 0 Å². The molecule has 0 aromatic carbocycles. The third kappa shape index (κ3) is 1.73. The predicted molar refractivity (Wildman–Crippen MR) is 44.0 cm³/mol. The number of rotatable bonds is 2. The summed E-state index contributed by atoms with van der Waals surface area (Å²) in [5.41, 5.74) is 1.17. The van der Waals surface area contributed by atoms with Crippen molar-refractivity contribution < 1.29 is 9.53 Å². The molecular formula is C9H9NO2. The topological polar surface area (TPSA) is 30.7 Å². The Labute approximate surface area is 71.2 Å². The zero-order valence-electron chi connectivity index (χ0n) is 6.83. The van der Waals surface area contributed by atoms with Gasteiger partial charge in [0.15, 0.2) is 5.70 Å². The smallest absolute Gasteiger partial charge is 0.332 e. The Morgan fingerprint density at radius 3 is 3.00 bits per heavy atom. The second-order valence-corrected chi connectivity index (χ2v) is 2.36. The van der Waals surface area contributed by atoms with E-state index in [1.54, 1.807) is 19.1 Å². The lowest BCUT2D eigenvalue weighted by Gasteiger charge is -2.00. The molecule has 62 valence electrons. The number of carbonyl (C=O) groups is 1.